The monoisotopic (exact) mass is 842 g/mol. The smallest absolute Gasteiger partial charge is 0.329 e. The van der Waals surface area contributed by atoms with Gasteiger partial charge in [-0.1, -0.05) is 17.9 Å². The highest BCUT2D eigenvalue weighted by atomic mass is 19.3. The number of amidine groups is 1. The Morgan fingerprint density at radius 2 is 1.79 bits per heavy atom. The Labute approximate surface area is 351 Å². The molecule has 61 heavy (non-hydrogen) atoms. The second-order valence-electron chi connectivity index (χ2n) is 15.8. The van der Waals surface area contributed by atoms with Crippen molar-refractivity contribution in [3.63, 3.8) is 0 Å². The van der Waals surface area contributed by atoms with Gasteiger partial charge in [0.25, 0.3) is 12.3 Å². The van der Waals surface area contributed by atoms with Gasteiger partial charge in [-0.3, -0.25) is 39.1 Å². The maximum atomic E-state index is 13.8. The number of amides is 3. The molecule has 3 saturated heterocycles. The summed E-state index contributed by atoms with van der Waals surface area (Å²) in [5.41, 5.74) is 0.0702. The fraction of sp³-hybridized carbons (Fsp3) is 0.500. The van der Waals surface area contributed by atoms with Crippen LogP contribution < -0.4 is 27.0 Å². The molecule has 19 heteroatoms. The maximum absolute atomic E-state index is 13.8. The van der Waals surface area contributed by atoms with Crippen LogP contribution in [0.4, 0.5) is 8.78 Å². The zero-order chi connectivity index (χ0) is 43.0. The number of carbonyl (C=O) groups excluding carboxylic acids is 3. The molecule has 0 bridgehead atoms. The first-order chi connectivity index (χ1) is 29.5. The Bertz CT molecular complexity index is 2280. The number of hydrogen-bond donors (Lipinski definition) is 6. The molecule has 2 aromatic rings. The Morgan fingerprint density at radius 3 is 2.49 bits per heavy atom. The molecule has 1 aromatic heterocycles. The highest BCUT2D eigenvalue weighted by molar-refractivity contribution is 6.15. The van der Waals surface area contributed by atoms with Crippen molar-refractivity contribution in [3.8, 4) is 11.8 Å². The number of ether oxygens (including phenoxy) is 1. The molecular weight excluding hydrogens is 791 g/mol. The number of aromatic nitrogens is 2. The lowest BCUT2D eigenvalue weighted by Gasteiger charge is -2.37. The zero-order valence-electron chi connectivity index (χ0n) is 34.1. The third-order valence-corrected chi connectivity index (χ3v) is 11.9. The third-order valence-electron chi connectivity index (χ3n) is 11.9. The average molecular weight is 843 g/mol. The number of piperazine rings is 1. The minimum Gasteiger partial charge on any atom is -0.386 e. The number of allylic oxidation sites excluding steroid dienone is 1. The fourth-order valence-electron chi connectivity index (χ4n) is 8.44. The number of imide groups is 1. The van der Waals surface area contributed by atoms with E-state index in [0.29, 0.717) is 61.2 Å². The molecule has 4 fully saturated rings. The normalized spacial score (nSPS) is 23.7. The van der Waals surface area contributed by atoms with Crippen LogP contribution in [0.15, 0.2) is 63.6 Å². The van der Waals surface area contributed by atoms with Crippen molar-refractivity contribution < 1.29 is 27.9 Å². The molecule has 17 nitrogen and oxygen atoms in total. The van der Waals surface area contributed by atoms with Gasteiger partial charge >= 0.3 is 5.69 Å². The second-order valence-corrected chi connectivity index (χ2v) is 15.8. The number of aryl methyl sites for hydroxylation is 1. The quantitative estimate of drug-likeness (QED) is 0.0831. The number of para-hydroxylation sites is 1. The lowest BCUT2D eigenvalue weighted by molar-refractivity contribution is -0.135. The molecule has 324 valence electrons. The summed E-state index contributed by atoms with van der Waals surface area (Å²) in [6, 6.07) is 4.72. The minimum absolute atomic E-state index is 0.0142. The number of aliphatic imine (C=N–C) groups is 1. The van der Waals surface area contributed by atoms with Gasteiger partial charge in [-0.15, -0.1) is 0 Å². The SMILES string of the molecule is Cn1c(=O)n(C2CCC(=O)NC2=O)c2cccc(C#CCN3CCN(C[C@H]4CC[C@H](N/C=C(/NC(=O)/C(C=N)=C5\N=C(N6CCOCC6)C=CN5)C(=N)C(F)F)CC4)CC3)c21. The largest absolute Gasteiger partial charge is 0.386 e. The number of hydrogen-bond acceptors (Lipinski definition) is 13. The van der Waals surface area contributed by atoms with Crippen molar-refractivity contribution >= 4 is 46.5 Å². The molecule has 1 atom stereocenters. The molecule has 0 spiro atoms. The van der Waals surface area contributed by atoms with Crippen LogP contribution in [0.3, 0.4) is 0 Å². The molecule has 5 heterocycles. The lowest BCUT2D eigenvalue weighted by Crippen LogP contribution is -2.48. The van der Waals surface area contributed by atoms with Crippen molar-refractivity contribution in [1.82, 2.24) is 45.1 Å². The number of piperidine rings is 1. The molecule has 0 radical (unpaired) electrons. The number of nitrogens with one attached hydrogen (secondary N) is 6. The molecule has 5 aliphatic rings. The van der Waals surface area contributed by atoms with E-state index in [1.807, 2.05) is 17.0 Å². The van der Waals surface area contributed by atoms with Gasteiger partial charge in [-0.2, -0.15) is 0 Å². The predicted octanol–water partition coefficient (Wildman–Crippen LogP) is 1.39. The lowest BCUT2D eigenvalue weighted by atomic mass is 9.85. The third kappa shape index (κ3) is 10.2. The van der Waals surface area contributed by atoms with E-state index in [9.17, 15) is 28.0 Å². The summed E-state index contributed by atoms with van der Waals surface area (Å²) < 4.78 is 35.9. The van der Waals surface area contributed by atoms with Crippen LogP contribution in [0.25, 0.3) is 11.0 Å². The molecule has 6 N–H and O–H groups in total. The van der Waals surface area contributed by atoms with E-state index in [-0.39, 0.29) is 47.6 Å². The first-order valence-electron chi connectivity index (χ1n) is 20.7. The van der Waals surface area contributed by atoms with Gasteiger partial charge in [0.1, 0.15) is 23.4 Å². The van der Waals surface area contributed by atoms with Crippen LogP contribution >= 0.6 is 0 Å². The summed E-state index contributed by atoms with van der Waals surface area (Å²) in [5, 5.41) is 26.7. The van der Waals surface area contributed by atoms with E-state index in [1.54, 1.807) is 25.4 Å². The number of imidazole rings is 1. The number of rotatable bonds is 11. The molecule has 1 unspecified atom stereocenters. The number of fused-ring (bicyclic) bond motifs is 1. The number of nitrogens with zero attached hydrogens (tertiary/aromatic N) is 6. The van der Waals surface area contributed by atoms with E-state index in [4.69, 9.17) is 15.6 Å². The summed E-state index contributed by atoms with van der Waals surface area (Å²) in [7, 11) is 1.67. The van der Waals surface area contributed by atoms with Crippen molar-refractivity contribution in [2.24, 2.45) is 18.0 Å². The highest BCUT2D eigenvalue weighted by Crippen LogP contribution is 2.27. The Kier molecular flexibility index (Phi) is 13.9. The van der Waals surface area contributed by atoms with Crippen LogP contribution in [-0.2, 0) is 26.2 Å². The summed E-state index contributed by atoms with van der Waals surface area (Å²) in [6.07, 6.45) is 6.25. The van der Waals surface area contributed by atoms with E-state index in [0.717, 1.165) is 64.6 Å². The molecular formula is C42H52F2N12O5. The van der Waals surface area contributed by atoms with Crippen LogP contribution in [-0.4, -0.2) is 137 Å². The molecule has 1 aromatic carbocycles. The molecule has 7 rings (SSSR count). The Hall–Kier alpha value is -5.97. The second kappa shape index (κ2) is 19.6. The molecule has 1 saturated carbocycles. The Morgan fingerprint density at radius 1 is 1.05 bits per heavy atom. The van der Waals surface area contributed by atoms with Crippen LogP contribution in [0, 0.1) is 28.6 Å². The molecule has 4 aliphatic heterocycles. The van der Waals surface area contributed by atoms with Crippen LogP contribution in [0.1, 0.15) is 50.1 Å². The highest BCUT2D eigenvalue weighted by Gasteiger charge is 2.32. The van der Waals surface area contributed by atoms with Crippen molar-refractivity contribution in [1.29, 1.82) is 10.8 Å². The van der Waals surface area contributed by atoms with Gasteiger partial charge < -0.3 is 35.9 Å². The van der Waals surface area contributed by atoms with Gasteiger partial charge in [-0.05, 0) is 56.2 Å². The standard InChI is InChI=1S/C42H52F2N12O5/c1-52-37-28(4-2-6-32(37)56(42(52)60)33-11-12-35(57)51-41(33)59)5-3-15-53-16-18-54(19-17-53)26-27-7-9-29(10-8-27)48-25-31(36(46)38(43)44)49-40(58)30(24-45)39-47-14-13-34(50-39)55-20-22-61-23-21-55/h2,4,6,13-14,24-25,27,29,33,38,45-48H,7-12,15-23,26H2,1H3,(H,49,58)(H,51,57,59)/b31-25+,39-30-,45-24?,46-36?/t27-,29-,33?. The molecule has 3 amide bonds. The Balaban J connectivity index is 0.882. The summed E-state index contributed by atoms with van der Waals surface area (Å²) >= 11 is 0. The first-order valence-corrected chi connectivity index (χ1v) is 20.7. The molecule has 1 aliphatic carbocycles. The topological polar surface area (TPSA) is 205 Å². The number of morpholine rings is 1. The first kappa shape index (κ1) is 43.1. The van der Waals surface area contributed by atoms with Crippen molar-refractivity contribution in [3.05, 3.63) is 69.8 Å². The van der Waals surface area contributed by atoms with Crippen molar-refractivity contribution in [2.45, 2.75) is 57.0 Å². The van der Waals surface area contributed by atoms with Gasteiger partial charge in [0, 0.05) is 83.9 Å². The predicted molar refractivity (Wildman–Crippen MR) is 225 cm³/mol. The minimum atomic E-state index is -3.12. The average Bonchev–Trinajstić information content (AvgIpc) is 3.52. The summed E-state index contributed by atoms with van der Waals surface area (Å²) in [4.78, 5) is 62.1. The zero-order valence-corrected chi connectivity index (χ0v) is 34.1. The van der Waals surface area contributed by atoms with E-state index < -0.39 is 30.0 Å². The van der Waals surface area contributed by atoms with E-state index in [1.165, 1.54) is 15.3 Å². The van der Waals surface area contributed by atoms with Crippen molar-refractivity contribution in [2.75, 3.05) is 65.6 Å². The maximum Gasteiger partial charge on any atom is 0.329 e. The number of alkyl halides is 2. The van der Waals surface area contributed by atoms with Crippen LogP contribution in [0.2, 0.25) is 0 Å². The van der Waals surface area contributed by atoms with Gasteiger partial charge in [0.15, 0.2) is 0 Å². The number of halogens is 2. The van der Waals surface area contributed by atoms with E-state index in [2.05, 4.69) is 47.9 Å². The van der Waals surface area contributed by atoms with Gasteiger partial charge in [0.05, 0.1) is 47.6 Å². The van der Waals surface area contributed by atoms with Crippen LogP contribution in [0.5, 0.6) is 0 Å². The fourth-order valence-corrected chi connectivity index (χ4v) is 8.44. The number of benzene rings is 1. The summed E-state index contributed by atoms with van der Waals surface area (Å²) in [5.74, 6) is 6.06. The number of carbonyl (C=O) groups is 3. The van der Waals surface area contributed by atoms with Gasteiger partial charge in [-0.25, -0.2) is 18.6 Å². The van der Waals surface area contributed by atoms with Gasteiger partial charge in [0.2, 0.25) is 11.8 Å². The summed E-state index contributed by atoms with van der Waals surface area (Å²) in [6.45, 7) is 7.36. The van der Waals surface area contributed by atoms with E-state index >= 15 is 0 Å².